The van der Waals surface area contributed by atoms with Gasteiger partial charge in [-0.15, -0.1) is 0 Å². The van der Waals surface area contributed by atoms with Crippen LogP contribution < -0.4 is 10.2 Å². The summed E-state index contributed by atoms with van der Waals surface area (Å²) in [4.78, 5) is 28.7. The van der Waals surface area contributed by atoms with Crippen molar-refractivity contribution in [3.8, 4) is 11.4 Å². The van der Waals surface area contributed by atoms with E-state index in [1.807, 2.05) is 37.3 Å². The third-order valence-electron chi connectivity index (χ3n) is 5.46. The van der Waals surface area contributed by atoms with Gasteiger partial charge in [0, 0.05) is 31.8 Å². The van der Waals surface area contributed by atoms with Crippen LogP contribution in [-0.4, -0.2) is 38.6 Å². The normalized spacial score (nSPS) is 16.2. The summed E-state index contributed by atoms with van der Waals surface area (Å²) in [6.07, 6.45) is 3.53. The maximum absolute atomic E-state index is 12.9. The number of carbonyl (C=O) groups is 1. The van der Waals surface area contributed by atoms with Gasteiger partial charge in [0.15, 0.2) is 10.8 Å². The van der Waals surface area contributed by atoms with E-state index in [1.165, 1.54) is 11.3 Å². The maximum Gasteiger partial charge on any atom is 0.243 e. The lowest BCUT2D eigenvalue weighted by Crippen LogP contribution is -2.43. The van der Waals surface area contributed by atoms with Crippen molar-refractivity contribution < 1.29 is 9.32 Å². The third-order valence-corrected chi connectivity index (χ3v) is 6.56. The van der Waals surface area contributed by atoms with Gasteiger partial charge >= 0.3 is 0 Å². The van der Waals surface area contributed by atoms with Gasteiger partial charge in [0.05, 0.1) is 4.70 Å². The Morgan fingerprint density at radius 1 is 1.26 bits per heavy atom. The lowest BCUT2D eigenvalue weighted by Gasteiger charge is -2.23. The van der Waals surface area contributed by atoms with Crippen LogP contribution in [-0.2, 0) is 11.3 Å². The van der Waals surface area contributed by atoms with E-state index in [0.717, 1.165) is 45.9 Å². The second-order valence-corrected chi connectivity index (χ2v) is 8.63. The number of pyridine rings is 1. The first kappa shape index (κ1) is 19.6. The molecule has 1 aliphatic heterocycles. The molecule has 9 heteroatoms. The molecule has 4 heterocycles. The smallest absolute Gasteiger partial charge is 0.243 e. The minimum Gasteiger partial charge on any atom is -0.350 e. The van der Waals surface area contributed by atoms with Crippen LogP contribution in [0.25, 0.3) is 21.7 Å². The number of amides is 1. The summed E-state index contributed by atoms with van der Waals surface area (Å²) in [5, 5.41) is 7.96. The number of aromatic nitrogens is 4. The van der Waals surface area contributed by atoms with Gasteiger partial charge in [0.2, 0.25) is 17.6 Å². The van der Waals surface area contributed by atoms with Crippen molar-refractivity contribution in [2.24, 2.45) is 0 Å². The van der Waals surface area contributed by atoms with E-state index in [2.05, 4.69) is 25.3 Å². The van der Waals surface area contributed by atoms with Crippen LogP contribution >= 0.6 is 11.3 Å². The number of hydrogen-bond donors (Lipinski definition) is 1. The molecule has 4 aromatic rings. The van der Waals surface area contributed by atoms with Crippen molar-refractivity contribution in [2.75, 3.05) is 11.4 Å². The highest BCUT2D eigenvalue weighted by Gasteiger charge is 2.33. The van der Waals surface area contributed by atoms with E-state index >= 15 is 0 Å². The molecule has 31 heavy (non-hydrogen) atoms. The molecule has 0 radical (unpaired) electrons. The molecule has 1 aliphatic rings. The number of rotatable bonds is 5. The number of benzene rings is 1. The number of anilines is 1. The minimum atomic E-state index is -0.235. The minimum absolute atomic E-state index is 0.0266. The number of aryl methyl sites for hydroxylation is 2. The number of nitrogens with one attached hydrogen (secondary N) is 1. The molecular weight excluding hydrogens is 412 g/mol. The Hall–Kier alpha value is -3.33. The van der Waals surface area contributed by atoms with Gasteiger partial charge in [-0.05, 0) is 30.9 Å². The third kappa shape index (κ3) is 3.76. The summed E-state index contributed by atoms with van der Waals surface area (Å²) in [6.45, 7) is 5.05. The molecule has 5 rings (SSSR count). The fourth-order valence-electron chi connectivity index (χ4n) is 3.93. The Kier molecular flexibility index (Phi) is 5.11. The summed E-state index contributed by atoms with van der Waals surface area (Å²) in [7, 11) is 0. The summed E-state index contributed by atoms with van der Waals surface area (Å²) in [5.74, 6) is 1.08. The summed E-state index contributed by atoms with van der Waals surface area (Å²) >= 11 is 1.53. The van der Waals surface area contributed by atoms with E-state index in [9.17, 15) is 4.79 Å². The van der Waals surface area contributed by atoms with Crippen LogP contribution in [0.4, 0.5) is 5.13 Å². The number of fused-ring (bicyclic) bond motifs is 1. The monoisotopic (exact) mass is 434 g/mol. The zero-order valence-corrected chi connectivity index (χ0v) is 18.1. The van der Waals surface area contributed by atoms with Crippen LogP contribution in [0.1, 0.15) is 29.9 Å². The van der Waals surface area contributed by atoms with Crippen LogP contribution in [0, 0.1) is 13.8 Å². The van der Waals surface area contributed by atoms with Gasteiger partial charge in [-0.25, -0.2) is 4.98 Å². The van der Waals surface area contributed by atoms with E-state index in [1.54, 1.807) is 13.1 Å². The average Bonchev–Trinajstić information content (AvgIpc) is 3.51. The molecule has 0 unspecified atom stereocenters. The highest BCUT2D eigenvalue weighted by molar-refractivity contribution is 7.22. The van der Waals surface area contributed by atoms with Gasteiger partial charge in [0.25, 0.3) is 0 Å². The predicted molar refractivity (Wildman–Crippen MR) is 119 cm³/mol. The van der Waals surface area contributed by atoms with Gasteiger partial charge in [-0.1, -0.05) is 46.8 Å². The second-order valence-electron chi connectivity index (χ2n) is 7.66. The molecule has 0 spiro atoms. The standard InChI is InChI=1S/C22H22N6O2S/c1-13-11-23-20-18(17(13)19-25-14(2)30-27-19)31-22(26-20)28-10-6-9-16(28)21(29)24-12-15-7-4-3-5-8-15/h3-5,7-8,11,16H,6,9-10,12H2,1-2H3,(H,24,29)/t16-/m1/s1. The fraction of sp³-hybridized carbons (Fsp3) is 0.318. The van der Waals surface area contributed by atoms with Crippen molar-refractivity contribution in [1.29, 1.82) is 0 Å². The maximum atomic E-state index is 12.9. The van der Waals surface area contributed by atoms with E-state index in [0.29, 0.717) is 23.9 Å². The zero-order chi connectivity index (χ0) is 21.4. The van der Waals surface area contributed by atoms with Crippen LogP contribution in [0.3, 0.4) is 0 Å². The Bertz CT molecular complexity index is 1240. The summed E-state index contributed by atoms with van der Waals surface area (Å²) in [6, 6.07) is 9.70. The number of hydrogen-bond acceptors (Lipinski definition) is 8. The number of nitrogens with zero attached hydrogens (tertiary/aromatic N) is 5. The molecule has 0 bridgehead atoms. The molecule has 3 aromatic heterocycles. The topological polar surface area (TPSA) is 97.0 Å². The molecule has 1 atom stereocenters. The van der Waals surface area contributed by atoms with Crippen molar-refractivity contribution >= 4 is 32.7 Å². The van der Waals surface area contributed by atoms with E-state index in [-0.39, 0.29) is 11.9 Å². The summed E-state index contributed by atoms with van der Waals surface area (Å²) in [5.41, 5.74) is 3.57. The molecule has 1 aromatic carbocycles. The van der Waals surface area contributed by atoms with Gasteiger partial charge in [-0.3, -0.25) is 4.79 Å². The zero-order valence-electron chi connectivity index (χ0n) is 17.3. The molecule has 1 N–H and O–H groups in total. The highest BCUT2D eigenvalue weighted by atomic mass is 32.1. The van der Waals surface area contributed by atoms with Crippen molar-refractivity contribution in [2.45, 2.75) is 39.3 Å². The van der Waals surface area contributed by atoms with Gasteiger partial charge < -0.3 is 14.7 Å². The first-order valence-electron chi connectivity index (χ1n) is 10.3. The van der Waals surface area contributed by atoms with Crippen molar-refractivity contribution in [3.05, 3.63) is 53.5 Å². The van der Waals surface area contributed by atoms with Crippen LogP contribution in [0.2, 0.25) is 0 Å². The van der Waals surface area contributed by atoms with Crippen molar-refractivity contribution in [1.82, 2.24) is 25.4 Å². The summed E-state index contributed by atoms with van der Waals surface area (Å²) < 4.78 is 6.09. The molecule has 158 valence electrons. The highest BCUT2D eigenvalue weighted by Crippen LogP contribution is 2.38. The van der Waals surface area contributed by atoms with Crippen LogP contribution in [0.15, 0.2) is 41.1 Å². The second kappa shape index (κ2) is 8.07. The van der Waals surface area contributed by atoms with E-state index in [4.69, 9.17) is 9.51 Å². The first-order chi connectivity index (χ1) is 15.1. The Labute approximate surface area is 183 Å². The SMILES string of the molecule is Cc1nc(-c2c(C)cnc3nc(N4CCC[C@@H]4C(=O)NCc4ccccc4)sc23)no1. The quantitative estimate of drug-likeness (QED) is 0.512. The Balaban J connectivity index is 1.42. The average molecular weight is 435 g/mol. The fourth-order valence-corrected chi connectivity index (χ4v) is 5.12. The molecule has 1 saturated heterocycles. The molecule has 0 saturated carbocycles. The lowest BCUT2D eigenvalue weighted by molar-refractivity contribution is -0.122. The Morgan fingerprint density at radius 3 is 2.87 bits per heavy atom. The molecule has 0 aliphatic carbocycles. The number of thiazole rings is 1. The van der Waals surface area contributed by atoms with Crippen molar-refractivity contribution in [3.63, 3.8) is 0 Å². The molecular formula is C22H22N6O2S. The van der Waals surface area contributed by atoms with E-state index < -0.39 is 0 Å². The largest absolute Gasteiger partial charge is 0.350 e. The van der Waals surface area contributed by atoms with Gasteiger partial charge in [-0.2, -0.15) is 9.97 Å². The van der Waals surface area contributed by atoms with Gasteiger partial charge in [0.1, 0.15) is 6.04 Å². The number of carbonyl (C=O) groups excluding carboxylic acids is 1. The predicted octanol–water partition coefficient (Wildman–Crippen LogP) is 3.64. The Morgan fingerprint density at radius 2 is 2.10 bits per heavy atom. The molecule has 1 amide bonds. The molecule has 8 nitrogen and oxygen atoms in total. The lowest BCUT2D eigenvalue weighted by atomic mass is 10.1. The first-order valence-corrected chi connectivity index (χ1v) is 11.1. The molecule has 1 fully saturated rings. The van der Waals surface area contributed by atoms with Crippen LogP contribution in [0.5, 0.6) is 0 Å².